The fourth-order valence-corrected chi connectivity index (χ4v) is 3.85. The standard InChI is InChI=1S/C15H21N3O2S.ClH/c16-11-13-6-5-7-14(10-13)21(19,20)18-12-15(17)8-3-1-2-4-9-15;/h5-7,10,18H,1-4,8-9,12,17H2;1H. The highest BCUT2D eigenvalue weighted by Gasteiger charge is 2.28. The number of rotatable bonds is 4. The summed E-state index contributed by atoms with van der Waals surface area (Å²) < 4.78 is 27.2. The monoisotopic (exact) mass is 343 g/mol. The van der Waals surface area contributed by atoms with Gasteiger partial charge in [-0.1, -0.05) is 31.7 Å². The quantitative estimate of drug-likeness (QED) is 0.820. The molecule has 0 saturated heterocycles. The average Bonchev–Trinajstić information content (AvgIpc) is 2.71. The van der Waals surface area contributed by atoms with Crippen molar-refractivity contribution in [3.63, 3.8) is 0 Å². The van der Waals surface area contributed by atoms with Gasteiger partial charge in [0, 0.05) is 12.1 Å². The number of nitrogens with zero attached hydrogens (tertiary/aromatic N) is 1. The van der Waals surface area contributed by atoms with Crippen molar-refractivity contribution in [3.05, 3.63) is 29.8 Å². The van der Waals surface area contributed by atoms with Crippen molar-refractivity contribution in [2.45, 2.75) is 49.0 Å². The molecule has 3 N–H and O–H groups in total. The smallest absolute Gasteiger partial charge is 0.240 e. The molecule has 0 unspecified atom stereocenters. The number of halogens is 1. The van der Waals surface area contributed by atoms with Crippen LogP contribution in [0.5, 0.6) is 0 Å². The molecular formula is C15H22ClN3O2S. The first-order valence-corrected chi connectivity index (χ1v) is 8.72. The van der Waals surface area contributed by atoms with E-state index in [1.54, 1.807) is 12.1 Å². The number of sulfonamides is 1. The molecule has 1 aromatic rings. The van der Waals surface area contributed by atoms with Gasteiger partial charge in [0.1, 0.15) is 0 Å². The van der Waals surface area contributed by atoms with E-state index in [0.29, 0.717) is 5.56 Å². The van der Waals surface area contributed by atoms with E-state index in [4.69, 9.17) is 11.0 Å². The molecule has 0 heterocycles. The Labute approximate surface area is 138 Å². The van der Waals surface area contributed by atoms with E-state index in [1.807, 2.05) is 6.07 Å². The number of benzene rings is 1. The normalized spacial score (nSPS) is 17.8. The summed E-state index contributed by atoms with van der Waals surface area (Å²) in [7, 11) is -3.62. The predicted molar refractivity (Wildman–Crippen MR) is 88.2 cm³/mol. The van der Waals surface area contributed by atoms with Crippen molar-refractivity contribution in [1.29, 1.82) is 5.26 Å². The predicted octanol–water partition coefficient (Wildman–Crippen LogP) is 2.31. The van der Waals surface area contributed by atoms with E-state index in [1.165, 1.54) is 12.1 Å². The van der Waals surface area contributed by atoms with Gasteiger partial charge in [0.25, 0.3) is 0 Å². The number of hydrogen-bond acceptors (Lipinski definition) is 4. The van der Waals surface area contributed by atoms with Gasteiger partial charge in [-0.15, -0.1) is 12.4 Å². The van der Waals surface area contributed by atoms with Gasteiger partial charge in [0.2, 0.25) is 10.0 Å². The summed E-state index contributed by atoms with van der Waals surface area (Å²) >= 11 is 0. The summed E-state index contributed by atoms with van der Waals surface area (Å²) in [5, 5.41) is 8.85. The number of nitriles is 1. The van der Waals surface area contributed by atoms with Gasteiger partial charge >= 0.3 is 0 Å². The summed E-state index contributed by atoms with van der Waals surface area (Å²) in [5.74, 6) is 0. The van der Waals surface area contributed by atoms with Gasteiger partial charge < -0.3 is 5.73 Å². The van der Waals surface area contributed by atoms with E-state index in [-0.39, 0.29) is 23.8 Å². The maximum atomic E-state index is 12.3. The highest BCUT2D eigenvalue weighted by Crippen LogP contribution is 2.24. The Morgan fingerprint density at radius 1 is 1.23 bits per heavy atom. The van der Waals surface area contributed by atoms with Crippen LogP contribution in [0, 0.1) is 11.3 Å². The number of nitrogens with two attached hydrogens (primary N) is 1. The topological polar surface area (TPSA) is 96.0 Å². The van der Waals surface area contributed by atoms with Gasteiger partial charge in [0.05, 0.1) is 16.5 Å². The molecule has 122 valence electrons. The maximum absolute atomic E-state index is 12.3. The zero-order chi connectivity index (χ0) is 15.3. The highest BCUT2D eigenvalue weighted by atomic mass is 35.5. The summed E-state index contributed by atoms with van der Waals surface area (Å²) in [4.78, 5) is 0.110. The Morgan fingerprint density at radius 2 is 1.86 bits per heavy atom. The molecule has 0 spiro atoms. The fourth-order valence-electron chi connectivity index (χ4n) is 2.66. The first kappa shape index (κ1) is 18.9. The van der Waals surface area contributed by atoms with Gasteiger partial charge in [-0.2, -0.15) is 5.26 Å². The molecule has 0 atom stereocenters. The lowest BCUT2D eigenvalue weighted by molar-refractivity contribution is 0.369. The minimum Gasteiger partial charge on any atom is -0.324 e. The molecule has 0 radical (unpaired) electrons. The Balaban J connectivity index is 0.00000242. The molecule has 0 bridgehead atoms. The van der Waals surface area contributed by atoms with Gasteiger partial charge in [-0.05, 0) is 31.0 Å². The lowest BCUT2D eigenvalue weighted by atomic mass is 9.92. The minimum atomic E-state index is -3.62. The van der Waals surface area contributed by atoms with E-state index in [9.17, 15) is 8.42 Å². The Bertz CT molecular complexity index is 632. The minimum absolute atomic E-state index is 0. The average molecular weight is 344 g/mol. The lowest BCUT2D eigenvalue weighted by Crippen LogP contribution is -2.49. The van der Waals surface area contributed by atoms with E-state index in [2.05, 4.69) is 4.72 Å². The van der Waals surface area contributed by atoms with Crippen LogP contribution in [0.3, 0.4) is 0 Å². The van der Waals surface area contributed by atoms with Crippen LogP contribution in [-0.4, -0.2) is 20.5 Å². The molecule has 1 saturated carbocycles. The van der Waals surface area contributed by atoms with Crippen LogP contribution in [0.25, 0.3) is 0 Å². The van der Waals surface area contributed by atoms with Crippen molar-refractivity contribution in [2.24, 2.45) is 5.73 Å². The molecule has 2 rings (SSSR count). The van der Waals surface area contributed by atoms with Crippen molar-refractivity contribution >= 4 is 22.4 Å². The Hall–Kier alpha value is -1.13. The second kappa shape index (κ2) is 7.93. The second-order valence-corrected chi connectivity index (χ2v) is 7.51. The second-order valence-electron chi connectivity index (χ2n) is 5.74. The summed E-state index contributed by atoms with van der Waals surface area (Å²) in [6.07, 6.45) is 6.09. The molecule has 0 aromatic heterocycles. The van der Waals surface area contributed by atoms with Crippen LogP contribution in [0.4, 0.5) is 0 Å². The van der Waals surface area contributed by atoms with Crippen molar-refractivity contribution in [2.75, 3.05) is 6.54 Å². The lowest BCUT2D eigenvalue weighted by Gasteiger charge is -2.28. The van der Waals surface area contributed by atoms with E-state index >= 15 is 0 Å². The van der Waals surface area contributed by atoms with Crippen LogP contribution < -0.4 is 10.5 Å². The van der Waals surface area contributed by atoms with Gasteiger partial charge in [-0.3, -0.25) is 0 Å². The fraction of sp³-hybridized carbons (Fsp3) is 0.533. The third kappa shape index (κ3) is 4.96. The molecule has 0 aliphatic heterocycles. The summed E-state index contributed by atoms with van der Waals surface area (Å²) in [6.45, 7) is 0.242. The molecule has 7 heteroatoms. The molecule has 1 fully saturated rings. The van der Waals surface area contributed by atoms with Crippen LogP contribution in [0.15, 0.2) is 29.2 Å². The third-order valence-corrected chi connectivity index (χ3v) is 5.39. The van der Waals surface area contributed by atoms with Crippen molar-refractivity contribution < 1.29 is 8.42 Å². The van der Waals surface area contributed by atoms with Gasteiger partial charge in [0.15, 0.2) is 0 Å². The van der Waals surface area contributed by atoms with Crippen LogP contribution in [-0.2, 0) is 10.0 Å². The molecule has 22 heavy (non-hydrogen) atoms. The first-order chi connectivity index (χ1) is 9.95. The first-order valence-electron chi connectivity index (χ1n) is 7.24. The van der Waals surface area contributed by atoms with Crippen molar-refractivity contribution in [1.82, 2.24) is 4.72 Å². The molecule has 5 nitrogen and oxygen atoms in total. The molecule has 1 aliphatic rings. The van der Waals surface area contributed by atoms with E-state index in [0.717, 1.165) is 38.5 Å². The number of nitrogens with one attached hydrogen (secondary N) is 1. The zero-order valence-corrected chi connectivity index (χ0v) is 14.0. The molecule has 1 aliphatic carbocycles. The van der Waals surface area contributed by atoms with Gasteiger partial charge in [-0.25, -0.2) is 13.1 Å². The van der Waals surface area contributed by atoms with Crippen molar-refractivity contribution in [3.8, 4) is 6.07 Å². The zero-order valence-electron chi connectivity index (χ0n) is 12.4. The maximum Gasteiger partial charge on any atom is 0.240 e. The van der Waals surface area contributed by atoms with E-state index < -0.39 is 15.6 Å². The SMILES string of the molecule is Cl.N#Cc1cccc(S(=O)(=O)NCC2(N)CCCCCC2)c1. The molecule has 0 amide bonds. The van der Waals surface area contributed by atoms with Crippen LogP contribution >= 0.6 is 12.4 Å². The number of hydrogen-bond donors (Lipinski definition) is 2. The summed E-state index contributed by atoms with van der Waals surface area (Å²) in [5.41, 5.74) is 6.19. The Morgan fingerprint density at radius 3 is 2.45 bits per heavy atom. The third-order valence-electron chi connectivity index (χ3n) is 3.99. The van der Waals surface area contributed by atoms with Crippen LogP contribution in [0.1, 0.15) is 44.1 Å². The van der Waals surface area contributed by atoms with Crippen LogP contribution in [0.2, 0.25) is 0 Å². The molecular weight excluding hydrogens is 322 g/mol. The largest absolute Gasteiger partial charge is 0.324 e. The highest BCUT2D eigenvalue weighted by molar-refractivity contribution is 7.89. The molecule has 1 aromatic carbocycles. The Kier molecular flexibility index (Phi) is 6.82. The summed E-state index contributed by atoms with van der Waals surface area (Å²) in [6, 6.07) is 7.95.